The number of fused-ring (bicyclic) bond motifs is 6. The van der Waals surface area contributed by atoms with Crippen molar-refractivity contribution in [1.29, 1.82) is 0 Å². The zero-order chi connectivity index (χ0) is 29.2. The monoisotopic (exact) mass is 624 g/mol. The second-order valence-electron chi connectivity index (χ2n) is 11.3. The van der Waals surface area contributed by atoms with E-state index >= 15 is 0 Å². The molecule has 0 aliphatic rings. The molecule has 206 valence electrons. The summed E-state index contributed by atoms with van der Waals surface area (Å²) in [6.07, 6.45) is 0. The van der Waals surface area contributed by atoms with E-state index in [2.05, 4.69) is 162 Å². The number of rotatable bonds is 3. The minimum atomic E-state index is 0.903. The minimum Gasteiger partial charge on any atom is -0.456 e. The molecule has 0 saturated heterocycles. The van der Waals surface area contributed by atoms with Crippen LogP contribution in [0.25, 0.3) is 87.6 Å². The normalized spacial score (nSPS) is 11.8. The third-order valence-electron chi connectivity index (χ3n) is 8.95. The number of halogens is 1. The third kappa shape index (κ3) is 3.78. The van der Waals surface area contributed by atoms with Crippen LogP contribution in [-0.2, 0) is 0 Å². The summed E-state index contributed by atoms with van der Waals surface area (Å²) < 4.78 is 7.63. The topological polar surface area (TPSA) is 13.1 Å². The van der Waals surface area contributed by atoms with Gasteiger partial charge in [0.25, 0.3) is 0 Å². The third-order valence-corrected chi connectivity index (χ3v) is 9.81. The highest BCUT2D eigenvalue weighted by Gasteiger charge is 2.19. The van der Waals surface area contributed by atoms with E-state index in [1.165, 1.54) is 60.1 Å². The lowest BCUT2D eigenvalue weighted by Crippen LogP contribution is -1.90. The lowest BCUT2D eigenvalue weighted by Gasteiger charge is -2.18. The number of hydrogen-bond acceptors (Lipinski definition) is 1. The summed E-state index contributed by atoms with van der Waals surface area (Å²) in [4.78, 5) is 0. The first-order chi connectivity index (χ1) is 21.8. The van der Waals surface area contributed by atoms with Crippen molar-refractivity contribution in [3.63, 3.8) is 0 Å². The minimum absolute atomic E-state index is 0.903. The first-order valence-corrected chi connectivity index (χ1v) is 15.7. The van der Waals surface area contributed by atoms with Gasteiger partial charge in [0.1, 0.15) is 11.2 Å². The molecular formula is C42H25BrO. The van der Waals surface area contributed by atoms with E-state index in [1.54, 1.807) is 0 Å². The summed E-state index contributed by atoms with van der Waals surface area (Å²) >= 11 is 3.93. The molecule has 0 bridgehead atoms. The fourth-order valence-electron chi connectivity index (χ4n) is 6.98. The summed E-state index contributed by atoms with van der Waals surface area (Å²) in [7, 11) is 0. The van der Waals surface area contributed by atoms with Gasteiger partial charge in [-0.3, -0.25) is 0 Å². The van der Waals surface area contributed by atoms with Gasteiger partial charge in [-0.1, -0.05) is 133 Å². The van der Waals surface area contributed by atoms with Crippen LogP contribution in [0, 0.1) is 0 Å². The first kappa shape index (κ1) is 25.3. The van der Waals surface area contributed by atoms with E-state index in [4.69, 9.17) is 4.42 Å². The Balaban J connectivity index is 1.31. The Hall–Kier alpha value is -5.18. The SMILES string of the molecule is Brc1c2ccccc2c(-c2ccc(-c3cccc4oc5cc(-c6ccccc6)ccc5c34)c3ccccc23)c2ccccc12. The van der Waals surface area contributed by atoms with E-state index in [-0.39, 0.29) is 0 Å². The van der Waals surface area contributed by atoms with Crippen LogP contribution in [0.5, 0.6) is 0 Å². The van der Waals surface area contributed by atoms with Crippen molar-refractivity contribution < 1.29 is 4.42 Å². The Morgan fingerprint density at radius 3 is 1.66 bits per heavy atom. The zero-order valence-electron chi connectivity index (χ0n) is 23.7. The van der Waals surface area contributed by atoms with Gasteiger partial charge in [-0.05, 0) is 99.8 Å². The second kappa shape index (κ2) is 9.94. The standard InChI is InChI=1S/C42H25BrO/c43-42-35-17-8-6-15-32(35)40(33-16-7-9-18-36(33)42)34-24-23-30(28-13-4-5-14-29(28)34)31-19-10-20-38-41(31)37-22-21-27(25-39(37)44-38)26-11-2-1-3-12-26/h1-25H. The Bertz CT molecular complexity index is 2500. The first-order valence-electron chi connectivity index (χ1n) is 14.9. The zero-order valence-corrected chi connectivity index (χ0v) is 25.3. The molecule has 8 aromatic carbocycles. The lowest BCUT2D eigenvalue weighted by atomic mass is 9.86. The average molecular weight is 626 g/mol. The maximum absolute atomic E-state index is 6.48. The van der Waals surface area contributed by atoms with E-state index < -0.39 is 0 Å². The highest BCUT2D eigenvalue weighted by atomic mass is 79.9. The molecule has 1 nitrogen and oxygen atoms in total. The number of benzene rings is 8. The van der Waals surface area contributed by atoms with Gasteiger partial charge in [0.05, 0.1) is 0 Å². The van der Waals surface area contributed by atoms with Crippen LogP contribution in [-0.4, -0.2) is 0 Å². The molecular weight excluding hydrogens is 600 g/mol. The van der Waals surface area contributed by atoms with Gasteiger partial charge in [-0.25, -0.2) is 0 Å². The van der Waals surface area contributed by atoms with Crippen LogP contribution in [0.3, 0.4) is 0 Å². The molecule has 0 radical (unpaired) electrons. The summed E-state index contributed by atoms with van der Waals surface area (Å²) in [5.41, 5.74) is 9.04. The summed E-state index contributed by atoms with van der Waals surface area (Å²) in [6, 6.07) is 54.3. The maximum atomic E-state index is 6.48. The van der Waals surface area contributed by atoms with Crippen LogP contribution >= 0.6 is 15.9 Å². The molecule has 9 rings (SSSR count). The highest BCUT2D eigenvalue weighted by Crippen LogP contribution is 2.46. The number of furan rings is 1. The lowest BCUT2D eigenvalue weighted by molar-refractivity contribution is 0.669. The molecule has 0 amide bonds. The van der Waals surface area contributed by atoms with Gasteiger partial charge < -0.3 is 4.42 Å². The smallest absolute Gasteiger partial charge is 0.136 e. The van der Waals surface area contributed by atoms with Crippen LogP contribution in [0.2, 0.25) is 0 Å². The molecule has 44 heavy (non-hydrogen) atoms. The summed E-state index contributed by atoms with van der Waals surface area (Å²) in [5, 5.41) is 9.68. The van der Waals surface area contributed by atoms with Crippen molar-refractivity contribution in [1.82, 2.24) is 0 Å². The maximum Gasteiger partial charge on any atom is 0.136 e. The van der Waals surface area contributed by atoms with Gasteiger partial charge in [-0.2, -0.15) is 0 Å². The molecule has 0 unspecified atom stereocenters. The van der Waals surface area contributed by atoms with Crippen LogP contribution < -0.4 is 0 Å². The van der Waals surface area contributed by atoms with E-state index in [1.807, 2.05) is 6.07 Å². The molecule has 0 spiro atoms. The second-order valence-corrected chi connectivity index (χ2v) is 12.1. The van der Waals surface area contributed by atoms with Crippen molar-refractivity contribution in [2.75, 3.05) is 0 Å². The van der Waals surface area contributed by atoms with Gasteiger partial charge in [0.2, 0.25) is 0 Å². The fraction of sp³-hybridized carbons (Fsp3) is 0. The molecule has 0 fully saturated rings. The molecule has 9 aromatic rings. The fourth-order valence-corrected chi connectivity index (χ4v) is 7.67. The van der Waals surface area contributed by atoms with Gasteiger partial charge >= 0.3 is 0 Å². The van der Waals surface area contributed by atoms with Crippen molar-refractivity contribution in [2.24, 2.45) is 0 Å². The van der Waals surface area contributed by atoms with Crippen LogP contribution in [0.1, 0.15) is 0 Å². The molecule has 0 aliphatic heterocycles. The largest absolute Gasteiger partial charge is 0.456 e. The van der Waals surface area contributed by atoms with E-state index in [0.29, 0.717) is 0 Å². The van der Waals surface area contributed by atoms with Crippen molar-refractivity contribution in [2.45, 2.75) is 0 Å². The Morgan fingerprint density at radius 2 is 0.955 bits per heavy atom. The molecule has 0 saturated carbocycles. The van der Waals surface area contributed by atoms with Crippen molar-refractivity contribution in [3.8, 4) is 33.4 Å². The Labute approximate surface area is 263 Å². The predicted octanol–water partition coefficient (Wildman–Crippen LogP) is 12.8. The van der Waals surface area contributed by atoms with Crippen molar-refractivity contribution in [3.05, 3.63) is 156 Å². The quantitative estimate of drug-likeness (QED) is 0.178. The molecule has 0 atom stereocenters. The van der Waals surface area contributed by atoms with Gasteiger partial charge in [-0.15, -0.1) is 0 Å². The van der Waals surface area contributed by atoms with Crippen LogP contribution in [0.15, 0.2) is 161 Å². The molecule has 0 aliphatic carbocycles. The molecule has 2 heteroatoms. The van der Waals surface area contributed by atoms with Crippen LogP contribution in [0.4, 0.5) is 0 Å². The average Bonchev–Trinajstić information content (AvgIpc) is 3.47. The van der Waals surface area contributed by atoms with E-state index in [9.17, 15) is 0 Å². The molecule has 0 N–H and O–H groups in total. The molecule has 1 aromatic heterocycles. The predicted molar refractivity (Wildman–Crippen MR) is 190 cm³/mol. The summed E-state index contributed by atoms with van der Waals surface area (Å²) in [5.74, 6) is 0. The van der Waals surface area contributed by atoms with Crippen molar-refractivity contribution >= 4 is 70.2 Å². The Kier molecular flexibility index (Phi) is 5.72. The Morgan fingerprint density at radius 1 is 0.364 bits per heavy atom. The molecule has 1 heterocycles. The van der Waals surface area contributed by atoms with Gasteiger partial charge in [0.15, 0.2) is 0 Å². The summed E-state index contributed by atoms with van der Waals surface area (Å²) in [6.45, 7) is 0. The highest BCUT2D eigenvalue weighted by molar-refractivity contribution is 9.10. The number of hydrogen-bond donors (Lipinski definition) is 0. The van der Waals surface area contributed by atoms with Gasteiger partial charge in [0, 0.05) is 15.2 Å². The van der Waals surface area contributed by atoms with E-state index in [0.717, 1.165) is 32.0 Å².